The van der Waals surface area contributed by atoms with Crippen LogP contribution in [-0.4, -0.2) is 10.2 Å². The molecule has 2 heterocycles. The van der Waals surface area contributed by atoms with Crippen LogP contribution in [0.25, 0.3) is 20.7 Å². The molecule has 16 heavy (non-hydrogen) atoms. The smallest absolute Gasteiger partial charge is 0.0980 e. The third-order valence-electron chi connectivity index (χ3n) is 2.66. The second-order valence-electron chi connectivity index (χ2n) is 3.80. The maximum absolute atomic E-state index is 5.85. The van der Waals surface area contributed by atoms with Gasteiger partial charge in [0.1, 0.15) is 0 Å². The van der Waals surface area contributed by atoms with E-state index in [-0.39, 0.29) is 0 Å². The van der Waals surface area contributed by atoms with E-state index in [1.165, 1.54) is 15.6 Å². The molecule has 2 aromatic heterocycles. The number of nitrogen functional groups attached to an aromatic ring is 1. The number of aryl methyl sites for hydroxylation is 1. The van der Waals surface area contributed by atoms with E-state index < -0.39 is 0 Å². The van der Waals surface area contributed by atoms with Crippen LogP contribution in [0.4, 0.5) is 5.69 Å². The molecule has 0 fully saturated rings. The molecule has 0 aliphatic rings. The predicted octanol–water partition coefficient (Wildman–Crippen LogP) is 3.18. The number of nitrogens with two attached hydrogens (primary N) is 1. The number of hydrogen-bond donors (Lipinski definition) is 2. The highest BCUT2D eigenvalue weighted by Crippen LogP contribution is 2.36. The number of benzene rings is 1. The minimum absolute atomic E-state index is 0.698. The summed E-state index contributed by atoms with van der Waals surface area (Å²) in [6.45, 7) is 2.12. The SMILES string of the molecule is Cc1cccc2cc(-c3[nH]ncc3N)sc12. The average molecular weight is 229 g/mol. The standard InChI is InChI=1S/C12H11N3S/c1-7-3-2-4-8-5-10(16-12(7)8)11-9(13)6-14-15-11/h2-6H,13H2,1H3,(H,14,15). The van der Waals surface area contributed by atoms with Gasteiger partial charge >= 0.3 is 0 Å². The van der Waals surface area contributed by atoms with E-state index in [1.54, 1.807) is 17.5 Å². The minimum atomic E-state index is 0.698. The summed E-state index contributed by atoms with van der Waals surface area (Å²) in [5.74, 6) is 0. The summed E-state index contributed by atoms with van der Waals surface area (Å²) in [5, 5.41) is 8.14. The van der Waals surface area contributed by atoms with Crippen molar-refractivity contribution >= 4 is 27.1 Å². The number of H-pyrrole nitrogens is 1. The quantitative estimate of drug-likeness (QED) is 0.673. The van der Waals surface area contributed by atoms with Crippen molar-refractivity contribution in [3.63, 3.8) is 0 Å². The molecule has 0 saturated carbocycles. The van der Waals surface area contributed by atoms with Crippen molar-refractivity contribution in [3.05, 3.63) is 36.0 Å². The second-order valence-corrected chi connectivity index (χ2v) is 4.86. The number of nitrogens with one attached hydrogen (secondary N) is 1. The van der Waals surface area contributed by atoms with Crippen molar-refractivity contribution in [2.24, 2.45) is 0 Å². The van der Waals surface area contributed by atoms with Gasteiger partial charge in [-0.25, -0.2) is 0 Å². The largest absolute Gasteiger partial charge is 0.396 e. The zero-order valence-electron chi connectivity index (χ0n) is 8.82. The molecule has 0 radical (unpaired) electrons. The number of aromatic amines is 1. The lowest BCUT2D eigenvalue weighted by Crippen LogP contribution is -1.83. The molecule has 3 rings (SSSR count). The normalized spacial score (nSPS) is 11.1. The Labute approximate surface area is 96.9 Å². The summed E-state index contributed by atoms with van der Waals surface area (Å²) in [5.41, 5.74) is 8.76. The molecule has 4 heteroatoms. The summed E-state index contributed by atoms with van der Waals surface area (Å²) < 4.78 is 1.31. The monoisotopic (exact) mass is 229 g/mol. The fraction of sp³-hybridized carbons (Fsp3) is 0.0833. The van der Waals surface area contributed by atoms with Crippen molar-refractivity contribution in [1.82, 2.24) is 10.2 Å². The maximum Gasteiger partial charge on any atom is 0.0980 e. The van der Waals surface area contributed by atoms with Crippen molar-refractivity contribution in [3.8, 4) is 10.6 Å². The van der Waals surface area contributed by atoms with E-state index in [0.717, 1.165) is 10.6 Å². The van der Waals surface area contributed by atoms with E-state index in [0.29, 0.717) is 5.69 Å². The zero-order chi connectivity index (χ0) is 11.1. The van der Waals surface area contributed by atoms with E-state index >= 15 is 0 Å². The minimum Gasteiger partial charge on any atom is -0.396 e. The third kappa shape index (κ3) is 1.31. The molecule has 3 aromatic rings. The molecular formula is C12H11N3S. The van der Waals surface area contributed by atoms with Gasteiger partial charge in [0.25, 0.3) is 0 Å². The van der Waals surface area contributed by atoms with Gasteiger partial charge in [-0.2, -0.15) is 5.10 Å². The van der Waals surface area contributed by atoms with Crippen LogP contribution in [0.5, 0.6) is 0 Å². The van der Waals surface area contributed by atoms with E-state index in [2.05, 4.69) is 41.4 Å². The zero-order valence-corrected chi connectivity index (χ0v) is 9.64. The fourth-order valence-corrected chi connectivity index (χ4v) is 2.97. The molecule has 0 atom stereocenters. The summed E-state index contributed by atoms with van der Waals surface area (Å²) in [6, 6.07) is 8.47. The Hall–Kier alpha value is -1.81. The molecule has 3 nitrogen and oxygen atoms in total. The van der Waals surface area contributed by atoms with Crippen LogP contribution >= 0.6 is 11.3 Å². The van der Waals surface area contributed by atoms with Gasteiger partial charge < -0.3 is 5.73 Å². The molecule has 0 aliphatic carbocycles. The summed E-state index contributed by atoms with van der Waals surface area (Å²) >= 11 is 1.74. The van der Waals surface area contributed by atoms with Crippen LogP contribution in [0.15, 0.2) is 30.5 Å². The van der Waals surface area contributed by atoms with E-state index in [4.69, 9.17) is 5.73 Å². The number of hydrogen-bond acceptors (Lipinski definition) is 3. The van der Waals surface area contributed by atoms with Gasteiger partial charge in [0.15, 0.2) is 0 Å². The Balaban J connectivity index is 2.27. The second kappa shape index (κ2) is 3.35. The highest BCUT2D eigenvalue weighted by atomic mass is 32.1. The van der Waals surface area contributed by atoms with Gasteiger partial charge in [-0.15, -0.1) is 11.3 Å². The number of rotatable bonds is 1. The molecule has 0 amide bonds. The molecule has 0 aliphatic heterocycles. The first-order valence-electron chi connectivity index (χ1n) is 5.04. The van der Waals surface area contributed by atoms with E-state index in [1.807, 2.05) is 0 Å². The fourth-order valence-electron chi connectivity index (χ4n) is 1.82. The van der Waals surface area contributed by atoms with Crippen molar-refractivity contribution in [2.75, 3.05) is 5.73 Å². The number of nitrogens with zero attached hydrogens (tertiary/aromatic N) is 1. The van der Waals surface area contributed by atoms with Crippen LogP contribution in [0.2, 0.25) is 0 Å². The number of fused-ring (bicyclic) bond motifs is 1. The first kappa shape index (κ1) is 9.42. The Kier molecular flexibility index (Phi) is 1.97. The Morgan fingerprint density at radius 2 is 2.25 bits per heavy atom. The highest BCUT2D eigenvalue weighted by Gasteiger charge is 2.09. The predicted molar refractivity (Wildman–Crippen MR) is 68.6 cm³/mol. The third-order valence-corrected chi connectivity index (χ3v) is 3.96. The van der Waals surface area contributed by atoms with Crippen LogP contribution in [0, 0.1) is 6.92 Å². The van der Waals surface area contributed by atoms with Crippen LogP contribution in [0.3, 0.4) is 0 Å². The molecule has 80 valence electrons. The number of anilines is 1. The van der Waals surface area contributed by atoms with Crippen molar-refractivity contribution in [1.29, 1.82) is 0 Å². The topological polar surface area (TPSA) is 54.7 Å². The molecule has 0 spiro atoms. The summed E-state index contributed by atoms with van der Waals surface area (Å²) in [6.07, 6.45) is 1.65. The van der Waals surface area contributed by atoms with Crippen LogP contribution < -0.4 is 5.73 Å². The maximum atomic E-state index is 5.85. The molecule has 1 aromatic carbocycles. The highest BCUT2D eigenvalue weighted by molar-refractivity contribution is 7.22. The lowest BCUT2D eigenvalue weighted by molar-refractivity contribution is 1.10. The average Bonchev–Trinajstić information content (AvgIpc) is 2.84. The summed E-state index contributed by atoms with van der Waals surface area (Å²) in [4.78, 5) is 1.14. The van der Waals surface area contributed by atoms with Gasteiger partial charge in [0, 0.05) is 4.70 Å². The molecule has 0 unspecified atom stereocenters. The Morgan fingerprint density at radius 3 is 2.94 bits per heavy atom. The summed E-state index contributed by atoms with van der Waals surface area (Å²) in [7, 11) is 0. The number of thiophene rings is 1. The van der Waals surface area contributed by atoms with Crippen molar-refractivity contribution in [2.45, 2.75) is 6.92 Å². The van der Waals surface area contributed by atoms with Crippen LogP contribution in [0.1, 0.15) is 5.56 Å². The Bertz CT molecular complexity index is 651. The van der Waals surface area contributed by atoms with E-state index in [9.17, 15) is 0 Å². The van der Waals surface area contributed by atoms with Crippen molar-refractivity contribution < 1.29 is 0 Å². The first-order chi connectivity index (χ1) is 7.75. The van der Waals surface area contributed by atoms with Gasteiger partial charge in [0.2, 0.25) is 0 Å². The number of aromatic nitrogens is 2. The lowest BCUT2D eigenvalue weighted by Gasteiger charge is -1.92. The van der Waals surface area contributed by atoms with Gasteiger partial charge in [0.05, 0.1) is 22.5 Å². The Morgan fingerprint density at radius 1 is 1.38 bits per heavy atom. The van der Waals surface area contributed by atoms with Crippen LogP contribution in [-0.2, 0) is 0 Å². The first-order valence-corrected chi connectivity index (χ1v) is 5.86. The lowest BCUT2D eigenvalue weighted by atomic mass is 10.2. The molecule has 0 bridgehead atoms. The van der Waals surface area contributed by atoms with Gasteiger partial charge in [-0.3, -0.25) is 5.10 Å². The van der Waals surface area contributed by atoms with Gasteiger partial charge in [-0.05, 0) is 23.9 Å². The molecule has 3 N–H and O–H groups in total. The molecule has 0 saturated heterocycles. The molecular weight excluding hydrogens is 218 g/mol. The van der Waals surface area contributed by atoms with Gasteiger partial charge in [-0.1, -0.05) is 18.2 Å².